The number of carboxylic acids is 1. The summed E-state index contributed by atoms with van der Waals surface area (Å²) in [6.45, 7) is 0.723. The molecule has 2 unspecified atom stereocenters. The maximum absolute atomic E-state index is 14.2. The summed E-state index contributed by atoms with van der Waals surface area (Å²) in [5, 5.41) is 9.91. The Kier molecular flexibility index (Phi) is 7.79. The lowest BCUT2D eigenvalue weighted by Gasteiger charge is -2.48. The van der Waals surface area contributed by atoms with Crippen LogP contribution in [0.5, 0.6) is 5.75 Å². The summed E-state index contributed by atoms with van der Waals surface area (Å²) in [4.78, 5) is 13.9. The zero-order chi connectivity index (χ0) is 27.9. The molecule has 0 radical (unpaired) electrons. The number of piperidine rings is 2. The van der Waals surface area contributed by atoms with Gasteiger partial charge in [-0.2, -0.15) is 26.3 Å². The van der Waals surface area contributed by atoms with Gasteiger partial charge in [0.15, 0.2) is 0 Å². The highest BCUT2D eigenvalue weighted by Crippen LogP contribution is 2.44. The molecule has 0 aromatic heterocycles. The van der Waals surface area contributed by atoms with E-state index in [1.54, 1.807) is 18.2 Å². The van der Waals surface area contributed by atoms with Crippen LogP contribution >= 0.6 is 0 Å². The zero-order valence-electron chi connectivity index (χ0n) is 21.5. The van der Waals surface area contributed by atoms with Gasteiger partial charge in [0.2, 0.25) is 0 Å². The standard InChI is InChI=1S/C29H33F6NO3/c30-28(31,32)20-6-8-23(9-7-20)39-25-11-5-18-14-17(4-10-24(18)26(25)29(33,34)35)12-13-36-21-2-1-3-22(36)16-19(15-21)27(37)38/h4-5,10-11,14,19-23H,1-3,6-9,12-13,15-16H2,(H,37,38). The molecule has 2 heterocycles. The number of hydrogen-bond acceptors (Lipinski definition) is 3. The van der Waals surface area contributed by atoms with Crippen LogP contribution in [-0.4, -0.2) is 46.9 Å². The number of aliphatic carboxylic acids is 1. The lowest BCUT2D eigenvalue weighted by atomic mass is 9.78. The topological polar surface area (TPSA) is 49.8 Å². The van der Waals surface area contributed by atoms with Gasteiger partial charge in [-0.15, -0.1) is 0 Å². The van der Waals surface area contributed by atoms with Gasteiger partial charge >= 0.3 is 18.3 Å². The summed E-state index contributed by atoms with van der Waals surface area (Å²) in [6, 6.07) is 8.21. The van der Waals surface area contributed by atoms with E-state index in [2.05, 4.69) is 4.90 Å². The van der Waals surface area contributed by atoms with Crippen LogP contribution in [0.4, 0.5) is 26.3 Å². The molecule has 0 amide bonds. The van der Waals surface area contributed by atoms with Crippen molar-refractivity contribution in [3.63, 3.8) is 0 Å². The molecular formula is C29H33F6NO3. The minimum atomic E-state index is -4.69. The van der Waals surface area contributed by atoms with Crippen LogP contribution in [0.3, 0.4) is 0 Å². The maximum atomic E-state index is 14.2. The highest BCUT2D eigenvalue weighted by atomic mass is 19.4. The highest BCUT2D eigenvalue weighted by molar-refractivity contribution is 5.89. The molecule has 1 saturated carbocycles. The number of halogens is 6. The SMILES string of the molecule is O=C(O)C1CC2CCCC(C1)N2CCc1ccc2c(C(F)(F)F)c(OC3CCC(C(F)(F)F)CC3)ccc2c1. The van der Waals surface area contributed by atoms with Crippen LogP contribution in [-0.2, 0) is 17.4 Å². The molecule has 39 heavy (non-hydrogen) atoms. The average Bonchev–Trinajstić information content (AvgIpc) is 2.85. The number of ether oxygens (including phenoxy) is 1. The van der Waals surface area contributed by atoms with E-state index in [9.17, 15) is 36.2 Å². The molecule has 2 saturated heterocycles. The first-order chi connectivity index (χ1) is 18.4. The van der Waals surface area contributed by atoms with Gasteiger partial charge in [-0.25, -0.2) is 0 Å². The summed E-state index contributed by atoms with van der Waals surface area (Å²) in [7, 11) is 0. The Bertz CT molecular complexity index is 1170. The fraction of sp³-hybridized carbons (Fsp3) is 0.621. The minimum Gasteiger partial charge on any atom is -0.490 e. The molecule has 2 aromatic carbocycles. The smallest absolute Gasteiger partial charge is 0.420 e. The second-order valence-electron chi connectivity index (χ2n) is 11.4. The van der Waals surface area contributed by atoms with Crippen molar-refractivity contribution in [3.8, 4) is 5.75 Å². The van der Waals surface area contributed by atoms with Gasteiger partial charge in [0.05, 0.1) is 17.9 Å². The monoisotopic (exact) mass is 557 g/mol. The zero-order valence-corrected chi connectivity index (χ0v) is 21.5. The third kappa shape index (κ3) is 6.15. The third-order valence-corrected chi connectivity index (χ3v) is 8.89. The Balaban J connectivity index is 1.30. The van der Waals surface area contributed by atoms with Crippen LogP contribution in [0, 0.1) is 11.8 Å². The molecule has 5 rings (SSSR count). The van der Waals surface area contributed by atoms with Gasteiger partial charge in [-0.1, -0.05) is 30.7 Å². The number of alkyl halides is 6. The van der Waals surface area contributed by atoms with Crippen molar-refractivity contribution in [1.82, 2.24) is 4.90 Å². The molecule has 2 bridgehead atoms. The Hall–Kier alpha value is -2.49. The van der Waals surface area contributed by atoms with E-state index in [1.807, 2.05) is 0 Å². The molecule has 2 aliphatic heterocycles. The first-order valence-electron chi connectivity index (χ1n) is 13.7. The number of hydrogen-bond donors (Lipinski definition) is 1. The van der Waals surface area contributed by atoms with Crippen molar-refractivity contribution < 1.29 is 41.0 Å². The van der Waals surface area contributed by atoms with Gasteiger partial charge in [0.1, 0.15) is 11.3 Å². The predicted molar refractivity (Wildman–Crippen MR) is 134 cm³/mol. The van der Waals surface area contributed by atoms with Crippen LogP contribution in [0.25, 0.3) is 10.8 Å². The predicted octanol–water partition coefficient (Wildman–Crippen LogP) is 7.62. The molecule has 10 heteroatoms. The lowest BCUT2D eigenvalue weighted by molar-refractivity contribution is -0.185. The van der Waals surface area contributed by atoms with Crippen LogP contribution in [0.15, 0.2) is 30.3 Å². The van der Waals surface area contributed by atoms with Gasteiger partial charge in [-0.05, 0) is 80.2 Å². The molecule has 1 aliphatic carbocycles. The molecule has 3 fully saturated rings. The second-order valence-corrected chi connectivity index (χ2v) is 11.4. The number of fused-ring (bicyclic) bond motifs is 3. The molecule has 214 valence electrons. The fourth-order valence-electron chi connectivity index (χ4n) is 6.90. The molecule has 1 N–H and O–H groups in total. The number of carboxylic acid groups (broad SMARTS) is 1. The van der Waals surface area contributed by atoms with E-state index in [1.165, 1.54) is 12.1 Å². The van der Waals surface area contributed by atoms with Gasteiger partial charge < -0.3 is 9.84 Å². The Morgan fingerprint density at radius 2 is 1.59 bits per heavy atom. The summed E-state index contributed by atoms with van der Waals surface area (Å²) in [5.41, 5.74) is 0.00275. The molecule has 2 aromatic rings. The van der Waals surface area contributed by atoms with E-state index in [0.29, 0.717) is 24.6 Å². The summed E-state index contributed by atoms with van der Waals surface area (Å²) in [5.74, 6) is -2.82. The van der Waals surface area contributed by atoms with E-state index in [0.717, 1.165) is 31.4 Å². The van der Waals surface area contributed by atoms with Crippen molar-refractivity contribution >= 4 is 16.7 Å². The lowest BCUT2D eigenvalue weighted by Crippen LogP contribution is -2.53. The van der Waals surface area contributed by atoms with Crippen molar-refractivity contribution in [2.24, 2.45) is 11.8 Å². The largest absolute Gasteiger partial charge is 0.490 e. The van der Waals surface area contributed by atoms with Crippen molar-refractivity contribution in [2.75, 3.05) is 6.54 Å². The molecular weight excluding hydrogens is 524 g/mol. The molecule has 3 aliphatic rings. The van der Waals surface area contributed by atoms with Crippen molar-refractivity contribution in [2.45, 2.75) is 94.7 Å². The number of nitrogens with zero attached hydrogens (tertiary/aromatic N) is 1. The Labute approximate surface area is 223 Å². The molecule has 2 atom stereocenters. The van der Waals surface area contributed by atoms with Crippen molar-refractivity contribution in [3.05, 3.63) is 41.5 Å². The number of carbonyl (C=O) groups is 1. The number of rotatable bonds is 6. The van der Waals surface area contributed by atoms with Crippen LogP contribution in [0.1, 0.15) is 68.9 Å². The summed E-state index contributed by atoms with van der Waals surface area (Å²) >= 11 is 0. The average molecular weight is 558 g/mol. The fourth-order valence-corrected chi connectivity index (χ4v) is 6.90. The third-order valence-electron chi connectivity index (χ3n) is 8.89. The van der Waals surface area contributed by atoms with E-state index in [4.69, 9.17) is 4.74 Å². The van der Waals surface area contributed by atoms with E-state index >= 15 is 0 Å². The summed E-state index contributed by atoms with van der Waals surface area (Å²) in [6.07, 6.45) is -4.92. The van der Waals surface area contributed by atoms with Crippen molar-refractivity contribution in [1.29, 1.82) is 0 Å². The van der Waals surface area contributed by atoms with Crippen LogP contribution in [0.2, 0.25) is 0 Å². The highest BCUT2D eigenvalue weighted by Gasteiger charge is 2.43. The Morgan fingerprint density at radius 1 is 0.923 bits per heavy atom. The summed E-state index contributed by atoms with van der Waals surface area (Å²) < 4.78 is 87.1. The van der Waals surface area contributed by atoms with Gasteiger partial charge in [0.25, 0.3) is 0 Å². The van der Waals surface area contributed by atoms with E-state index in [-0.39, 0.29) is 54.8 Å². The number of benzene rings is 2. The molecule has 4 nitrogen and oxygen atoms in total. The second kappa shape index (κ2) is 10.8. The van der Waals surface area contributed by atoms with Crippen LogP contribution < -0.4 is 4.74 Å². The first kappa shape index (κ1) is 28.1. The minimum absolute atomic E-state index is 0.00636. The maximum Gasteiger partial charge on any atom is 0.420 e. The van der Waals surface area contributed by atoms with Gasteiger partial charge in [0, 0.05) is 18.6 Å². The molecule has 0 spiro atoms. The van der Waals surface area contributed by atoms with Gasteiger partial charge in [-0.3, -0.25) is 9.69 Å². The Morgan fingerprint density at radius 3 is 2.18 bits per heavy atom. The first-order valence-corrected chi connectivity index (χ1v) is 13.7. The normalized spacial score (nSPS) is 28.4. The van der Waals surface area contributed by atoms with E-state index < -0.39 is 35.9 Å². The quantitative estimate of drug-likeness (QED) is 0.371.